The summed E-state index contributed by atoms with van der Waals surface area (Å²) in [6.45, 7) is 5.26. The number of aromatic nitrogens is 2. The lowest BCUT2D eigenvalue weighted by Crippen LogP contribution is -2.46. The normalized spacial score (nSPS) is 17.9. The highest BCUT2D eigenvalue weighted by molar-refractivity contribution is 5.85. The molecular formula is C18H28Cl2N4O2. The van der Waals surface area contributed by atoms with Crippen molar-refractivity contribution in [2.24, 2.45) is 5.73 Å². The molecule has 1 aromatic heterocycles. The third-order valence-corrected chi connectivity index (χ3v) is 4.64. The number of para-hydroxylation sites is 2. The average Bonchev–Trinajstić information content (AvgIpc) is 3.18. The molecule has 0 aliphatic carbocycles. The van der Waals surface area contributed by atoms with Gasteiger partial charge in [0.15, 0.2) is 0 Å². The van der Waals surface area contributed by atoms with Crippen molar-refractivity contribution in [1.29, 1.82) is 0 Å². The quantitative estimate of drug-likeness (QED) is 0.833. The van der Waals surface area contributed by atoms with E-state index in [2.05, 4.69) is 24.5 Å². The van der Waals surface area contributed by atoms with Gasteiger partial charge in [-0.15, -0.1) is 24.8 Å². The number of carbonyl (C=O) groups excluding carboxylic acids is 1. The summed E-state index contributed by atoms with van der Waals surface area (Å²) >= 11 is 0. The Labute approximate surface area is 166 Å². The number of halogens is 2. The summed E-state index contributed by atoms with van der Waals surface area (Å²) < 4.78 is 7.29. The Kier molecular flexibility index (Phi) is 8.34. The number of methoxy groups -OCH3 is 1. The molecule has 1 aliphatic heterocycles. The molecule has 0 saturated carbocycles. The van der Waals surface area contributed by atoms with Gasteiger partial charge in [-0.3, -0.25) is 4.79 Å². The summed E-state index contributed by atoms with van der Waals surface area (Å²) in [4.78, 5) is 19.4. The van der Waals surface area contributed by atoms with Crippen molar-refractivity contribution in [3.63, 3.8) is 0 Å². The second kappa shape index (κ2) is 9.55. The number of hydrogen-bond acceptors (Lipinski definition) is 4. The highest BCUT2D eigenvalue weighted by Gasteiger charge is 2.36. The predicted octanol–water partition coefficient (Wildman–Crippen LogP) is 3.10. The molecule has 2 aromatic rings. The van der Waals surface area contributed by atoms with E-state index in [0.717, 1.165) is 36.2 Å². The molecular weight excluding hydrogens is 375 g/mol. The van der Waals surface area contributed by atoms with Crippen LogP contribution in [0.25, 0.3) is 11.0 Å². The van der Waals surface area contributed by atoms with Gasteiger partial charge in [0, 0.05) is 19.7 Å². The molecule has 2 atom stereocenters. The summed E-state index contributed by atoms with van der Waals surface area (Å²) in [7, 11) is 1.56. The molecule has 0 radical (unpaired) electrons. The number of amides is 1. The van der Waals surface area contributed by atoms with Gasteiger partial charge in [0.1, 0.15) is 11.9 Å². The van der Waals surface area contributed by atoms with E-state index in [-0.39, 0.29) is 49.4 Å². The summed E-state index contributed by atoms with van der Waals surface area (Å²) in [6.07, 6.45) is 1.89. The van der Waals surface area contributed by atoms with Crippen LogP contribution in [0.3, 0.4) is 0 Å². The minimum atomic E-state index is -0.618. The van der Waals surface area contributed by atoms with Crippen LogP contribution in [0.5, 0.6) is 0 Å². The van der Waals surface area contributed by atoms with E-state index in [1.807, 2.05) is 23.1 Å². The minimum Gasteiger partial charge on any atom is -0.383 e. The highest BCUT2D eigenvalue weighted by Crippen LogP contribution is 2.35. The summed E-state index contributed by atoms with van der Waals surface area (Å²) in [5.74, 6) is 0.906. The molecule has 1 saturated heterocycles. The van der Waals surface area contributed by atoms with Crippen molar-refractivity contribution in [2.75, 3.05) is 20.3 Å². The van der Waals surface area contributed by atoms with E-state index in [1.165, 1.54) is 0 Å². The summed E-state index contributed by atoms with van der Waals surface area (Å²) in [5.41, 5.74) is 8.07. The van der Waals surface area contributed by atoms with E-state index in [1.54, 1.807) is 7.11 Å². The van der Waals surface area contributed by atoms with E-state index < -0.39 is 6.04 Å². The molecule has 1 aliphatic rings. The molecule has 0 bridgehead atoms. The van der Waals surface area contributed by atoms with E-state index in [4.69, 9.17) is 15.5 Å². The lowest BCUT2D eigenvalue weighted by atomic mass is 10.1. The molecule has 2 N–H and O–H groups in total. The third kappa shape index (κ3) is 4.14. The molecule has 8 heteroatoms. The molecule has 1 fully saturated rings. The number of nitrogens with two attached hydrogens (primary N) is 1. The average molecular weight is 403 g/mol. The largest absolute Gasteiger partial charge is 0.383 e. The Morgan fingerprint density at radius 3 is 2.69 bits per heavy atom. The van der Waals surface area contributed by atoms with Gasteiger partial charge in [0.2, 0.25) is 5.91 Å². The maximum Gasteiger partial charge on any atom is 0.242 e. The Hall–Kier alpha value is -1.34. The fraction of sp³-hybridized carbons (Fsp3) is 0.556. The molecule has 1 amide bonds. The van der Waals surface area contributed by atoms with Crippen LogP contribution in [0.15, 0.2) is 24.3 Å². The second-order valence-electron chi connectivity index (χ2n) is 6.67. The highest BCUT2D eigenvalue weighted by atomic mass is 35.5. The minimum absolute atomic E-state index is 0. The monoisotopic (exact) mass is 402 g/mol. The number of carbonyl (C=O) groups is 1. The predicted molar refractivity (Wildman–Crippen MR) is 108 cm³/mol. The Bertz CT molecular complexity index is 735. The van der Waals surface area contributed by atoms with Crippen molar-refractivity contribution < 1.29 is 9.53 Å². The van der Waals surface area contributed by atoms with Gasteiger partial charge in [0.25, 0.3) is 0 Å². The van der Waals surface area contributed by atoms with Crippen LogP contribution in [0.1, 0.15) is 44.6 Å². The maximum atomic E-state index is 12.7. The number of hydrogen-bond donors (Lipinski definition) is 1. The Morgan fingerprint density at radius 1 is 1.35 bits per heavy atom. The molecule has 3 rings (SSSR count). The molecule has 1 aromatic carbocycles. The lowest BCUT2D eigenvalue weighted by molar-refractivity contribution is -0.134. The van der Waals surface area contributed by atoms with Crippen molar-refractivity contribution in [1.82, 2.24) is 14.5 Å². The fourth-order valence-electron chi connectivity index (χ4n) is 3.60. The molecule has 146 valence electrons. The van der Waals surface area contributed by atoms with Crippen LogP contribution in [-0.4, -0.2) is 46.7 Å². The number of likely N-dealkylation sites (tertiary alicyclic amines) is 1. The zero-order valence-corrected chi connectivity index (χ0v) is 17.1. The number of rotatable bonds is 5. The van der Waals surface area contributed by atoms with Gasteiger partial charge in [-0.1, -0.05) is 12.1 Å². The standard InChI is InChI=1S/C18H26N4O2.2ClH/c1-12(2)22-15-8-5-4-7-14(15)20-17(22)16-9-6-10-21(16)18(23)13(19)11-24-3;;/h4-5,7-8,12-13,16H,6,9-11,19H2,1-3H3;2*1H. The third-order valence-electron chi connectivity index (χ3n) is 4.64. The SMILES string of the molecule is COCC(N)C(=O)N1CCCC1c1nc2ccccc2n1C(C)C.Cl.Cl. The van der Waals surface area contributed by atoms with Gasteiger partial charge >= 0.3 is 0 Å². The smallest absolute Gasteiger partial charge is 0.242 e. The van der Waals surface area contributed by atoms with Gasteiger partial charge in [-0.05, 0) is 38.8 Å². The first-order chi connectivity index (χ1) is 11.5. The van der Waals surface area contributed by atoms with Gasteiger partial charge in [-0.25, -0.2) is 4.98 Å². The number of imidazole rings is 1. The van der Waals surface area contributed by atoms with Crippen molar-refractivity contribution in [3.05, 3.63) is 30.1 Å². The fourth-order valence-corrected chi connectivity index (χ4v) is 3.60. The Morgan fingerprint density at radius 2 is 2.04 bits per heavy atom. The summed E-state index contributed by atoms with van der Waals surface area (Å²) in [5, 5.41) is 0. The lowest BCUT2D eigenvalue weighted by Gasteiger charge is -2.28. The molecule has 26 heavy (non-hydrogen) atoms. The first kappa shape index (κ1) is 22.7. The molecule has 2 unspecified atom stereocenters. The summed E-state index contributed by atoms with van der Waals surface area (Å²) in [6, 6.07) is 7.77. The zero-order valence-electron chi connectivity index (χ0n) is 15.4. The maximum absolute atomic E-state index is 12.7. The number of fused-ring (bicyclic) bond motifs is 1. The van der Waals surface area contributed by atoms with Crippen molar-refractivity contribution in [2.45, 2.75) is 44.8 Å². The molecule has 2 heterocycles. The van der Waals surface area contributed by atoms with E-state index in [9.17, 15) is 4.79 Å². The topological polar surface area (TPSA) is 73.4 Å². The van der Waals surface area contributed by atoms with Crippen LogP contribution in [0.2, 0.25) is 0 Å². The number of ether oxygens (including phenoxy) is 1. The molecule has 0 spiro atoms. The number of nitrogens with zero attached hydrogens (tertiary/aromatic N) is 3. The Balaban J connectivity index is 0.00000169. The zero-order chi connectivity index (χ0) is 17.3. The van der Waals surface area contributed by atoms with Crippen molar-refractivity contribution >= 4 is 41.8 Å². The second-order valence-corrected chi connectivity index (χ2v) is 6.67. The van der Waals surface area contributed by atoms with E-state index >= 15 is 0 Å². The van der Waals surface area contributed by atoms with Crippen LogP contribution in [0.4, 0.5) is 0 Å². The van der Waals surface area contributed by atoms with Crippen LogP contribution < -0.4 is 5.73 Å². The van der Waals surface area contributed by atoms with Crippen LogP contribution in [-0.2, 0) is 9.53 Å². The number of benzene rings is 1. The van der Waals surface area contributed by atoms with Crippen LogP contribution >= 0.6 is 24.8 Å². The first-order valence-electron chi connectivity index (χ1n) is 8.56. The van der Waals surface area contributed by atoms with Gasteiger partial charge in [-0.2, -0.15) is 0 Å². The van der Waals surface area contributed by atoms with Gasteiger partial charge < -0.3 is 19.9 Å². The first-order valence-corrected chi connectivity index (χ1v) is 8.56. The van der Waals surface area contributed by atoms with Crippen LogP contribution in [0, 0.1) is 0 Å². The van der Waals surface area contributed by atoms with Crippen molar-refractivity contribution in [3.8, 4) is 0 Å². The molecule has 6 nitrogen and oxygen atoms in total. The van der Waals surface area contributed by atoms with E-state index in [0.29, 0.717) is 0 Å². The van der Waals surface area contributed by atoms with Gasteiger partial charge in [0.05, 0.1) is 23.7 Å².